The van der Waals surface area contributed by atoms with Crippen LogP contribution in [0.15, 0.2) is 54.6 Å². The fourth-order valence-electron chi connectivity index (χ4n) is 3.52. The van der Waals surface area contributed by atoms with E-state index in [1.165, 1.54) is 29.2 Å². The number of aryl methyl sites for hydroxylation is 1. The molecule has 0 saturated heterocycles. The van der Waals surface area contributed by atoms with Crippen molar-refractivity contribution >= 4 is 17.1 Å². The second-order valence-electron chi connectivity index (χ2n) is 7.15. The Kier molecular flexibility index (Phi) is 4.20. The molecule has 1 amide bonds. The van der Waals surface area contributed by atoms with Crippen LogP contribution in [0, 0.1) is 18.6 Å². The van der Waals surface area contributed by atoms with Crippen LogP contribution >= 0.6 is 0 Å². The summed E-state index contributed by atoms with van der Waals surface area (Å²) in [4.78, 5) is 18.5. The van der Waals surface area contributed by atoms with Gasteiger partial charge in [0, 0.05) is 17.5 Å². The Morgan fingerprint density at radius 2 is 1.70 bits per heavy atom. The average molecular weight is 406 g/mol. The van der Waals surface area contributed by atoms with E-state index < -0.39 is 6.09 Å². The predicted molar refractivity (Wildman–Crippen MR) is 105 cm³/mol. The molecule has 0 bridgehead atoms. The number of benzene rings is 2. The van der Waals surface area contributed by atoms with E-state index >= 15 is 0 Å². The van der Waals surface area contributed by atoms with Gasteiger partial charge in [0.05, 0.1) is 17.9 Å². The summed E-state index contributed by atoms with van der Waals surface area (Å²) >= 11 is 0. The molecule has 0 spiro atoms. The number of ether oxygens (including phenoxy) is 1. The summed E-state index contributed by atoms with van der Waals surface area (Å²) in [5.41, 5.74) is 3.49. The Morgan fingerprint density at radius 3 is 2.40 bits per heavy atom. The van der Waals surface area contributed by atoms with Gasteiger partial charge in [-0.05, 0) is 55.0 Å². The van der Waals surface area contributed by atoms with Crippen molar-refractivity contribution in [3.63, 3.8) is 0 Å². The smallest absolute Gasteiger partial charge is 0.391 e. The van der Waals surface area contributed by atoms with Crippen LogP contribution in [0.5, 0.6) is 5.88 Å². The molecule has 4 aromatic rings. The van der Waals surface area contributed by atoms with E-state index in [0.717, 1.165) is 22.2 Å². The van der Waals surface area contributed by atoms with Gasteiger partial charge in [-0.15, -0.1) is 0 Å². The zero-order valence-corrected chi connectivity index (χ0v) is 16.0. The van der Waals surface area contributed by atoms with Gasteiger partial charge in [-0.25, -0.2) is 18.3 Å². The van der Waals surface area contributed by atoms with Gasteiger partial charge >= 0.3 is 6.09 Å². The minimum absolute atomic E-state index is 0.228. The van der Waals surface area contributed by atoms with Crippen LogP contribution < -0.4 is 4.74 Å². The predicted octanol–water partition coefficient (Wildman–Crippen LogP) is 4.52. The van der Waals surface area contributed by atoms with Crippen molar-refractivity contribution in [2.75, 3.05) is 0 Å². The lowest BCUT2D eigenvalue weighted by atomic mass is 10.1. The molecule has 1 aliphatic rings. The molecular formula is C22H16F2N4O2. The summed E-state index contributed by atoms with van der Waals surface area (Å²) in [6.07, 6.45) is -0.525. The number of pyridine rings is 1. The second-order valence-corrected chi connectivity index (χ2v) is 7.15. The van der Waals surface area contributed by atoms with Crippen molar-refractivity contribution in [1.29, 1.82) is 0 Å². The van der Waals surface area contributed by atoms with E-state index in [0.29, 0.717) is 24.4 Å². The fraction of sp³-hybridized carbons (Fsp3) is 0.136. The number of carbonyl (C=O) groups excluding carboxylic acids is 1. The third kappa shape index (κ3) is 3.16. The van der Waals surface area contributed by atoms with Gasteiger partial charge in [-0.3, -0.25) is 4.90 Å². The Hall–Kier alpha value is -3.81. The fourth-order valence-corrected chi connectivity index (χ4v) is 3.52. The molecular weight excluding hydrogens is 390 g/mol. The molecule has 1 aliphatic heterocycles. The number of hydrogen-bond acceptors (Lipinski definition) is 4. The standard InChI is InChI=1S/C22H16F2N4O2/c1-13-19-10-15-12-27(11-14-2-4-16(23)5-3-14)22(29)30-21(15)25-20(19)28(26-13)18-8-6-17(24)7-9-18/h2-10H,11-12H2,1H3. The summed E-state index contributed by atoms with van der Waals surface area (Å²) < 4.78 is 33.5. The number of nitrogens with zero attached hydrogens (tertiary/aromatic N) is 4. The molecule has 5 rings (SSSR count). The highest BCUT2D eigenvalue weighted by Gasteiger charge is 2.28. The quantitative estimate of drug-likeness (QED) is 0.502. The molecule has 0 atom stereocenters. The van der Waals surface area contributed by atoms with Gasteiger partial charge in [-0.1, -0.05) is 12.1 Å². The molecule has 150 valence electrons. The van der Waals surface area contributed by atoms with Crippen LogP contribution in [0.1, 0.15) is 16.8 Å². The van der Waals surface area contributed by atoms with Crippen LogP contribution in [0.2, 0.25) is 0 Å². The molecule has 0 unspecified atom stereocenters. The number of aromatic nitrogens is 3. The molecule has 0 fully saturated rings. The monoisotopic (exact) mass is 406 g/mol. The van der Waals surface area contributed by atoms with Crippen molar-refractivity contribution in [1.82, 2.24) is 19.7 Å². The van der Waals surface area contributed by atoms with Gasteiger partial charge in [0.25, 0.3) is 0 Å². The Balaban J connectivity index is 1.51. The van der Waals surface area contributed by atoms with Gasteiger partial charge in [-0.2, -0.15) is 10.1 Å². The minimum atomic E-state index is -0.525. The van der Waals surface area contributed by atoms with Crippen LogP contribution in [0.3, 0.4) is 0 Å². The van der Waals surface area contributed by atoms with Gasteiger partial charge in [0.15, 0.2) is 5.65 Å². The molecule has 0 saturated carbocycles. The highest BCUT2D eigenvalue weighted by Crippen LogP contribution is 2.31. The van der Waals surface area contributed by atoms with E-state index in [1.807, 2.05) is 13.0 Å². The minimum Gasteiger partial charge on any atom is -0.391 e. The Labute approximate surface area is 170 Å². The summed E-state index contributed by atoms with van der Waals surface area (Å²) in [5.74, 6) is -0.441. The molecule has 8 heteroatoms. The van der Waals surface area contributed by atoms with E-state index in [2.05, 4.69) is 10.1 Å². The first-order valence-corrected chi connectivity index (χ1v) is 9.34. The maximum atomic E-state index is 13.3. The number of rotatable bonds is 3. The van der Waals surface area contributed by atoms with Crippen molar-refractivity contribution < 1.29 is 18.3 Å². The van der Waals surface area contributed by atoms with E-state index in [9.17, 15) is 13.6 Å². The van der Waals surface area contributed by atoms with Gasteiger partial charge < -0.3 is 4.74 Å². The molecule has 0 N–H and O–H groups in total. The van der Waals surface area contributed by atoms with Crippen LogP contribution in [0.4, 0.5) is 13.6 Å². The van der Waals surface area contributed by atoms with Crippen LogP contribution in [-0.4, -0.2) is 25.8 Å². The maximum absolute atomic E-state index is 13.3. The first-order chi connectivity index (χ1) is 14.5. The zero-order valence-electron chi connectivity index (χ0n) is 16.0. The summed E-state index contributed by atoms with van der Waals surface area (Å²) in [6.45, 7) is 2.47. The lowest BCUT2D eigenvalue weighted by Crippen LogP contribution is -2.36. The highest BCUT2D eigenvalue weighted by atomic mass is 19.1. The first kappa shape index (κ1) is 18.2. The third-order valence-electron chi connectivity index (χ3n) is 5.04. The SMILES string of the molecule is Cc1nn(-c2ccc(F)cc2)c2nc3c(cc12)CN(Cc1ccc(F)cc1)C(=O)O3. The molecule has 6 nitrogen and oxygen atoms in total. The second kappa shape index (κ2) is 6.91. The summed E-state index contributed by atoms with van der Waals surface area (Å²) in [6, 6.07) is 13.8. The molecule has 0 aliphatic carbocycles. The van der Waals surface area contributed by atoms with E-state index in [-0.39, 0.29) is 17.5 Å². The summed E-state index contributed by atoms with van der Waals surface area (Å²) in [5, 5.41) is 5.33. The van der Waals surface area contributed by atoms with Gasteiger partial charge in [0.2, 0.25) is 5.88 Å². The molecule has 3 heterocycles. The highest BCUT2D eigenvalue weighted by molar-refractivity contribution is 5.83. The number of amides is 1. The molecule has 2 aromatic carbocycles. The number of fused-ring (bicyclic) bond motifs is 2. The van der Waals surface area contributed by atoms with Crippen molar-refractivity contribution in [3.05, 3.63) is 83.1 Å². The Bertz CT molecular complexity index is 1270. The largest absolute Gasteiger partial charge is 0.417 e. The molecule has 0 radical (unpaired) electrons. The Morgan fingerprint density at radius 1 is 1.03 bits per heavy atom. The number of halogens is 2. The lowest BCUT2D eigenvalue weighted by Gasteiger charge is -2.27. The van der Waals surface area contributed by atoms with Crippen molar-refractivity contribution in [2.24, 2.45) is 0 Å². The third-order valence-corrected chi connectivity index (χ3v) is 5.04. The van der Waals surface area contributed by atoms with E-state index in [4.69, 9.17) is 4.74 Å². The van der Waals surface area contributed by atoms with Crippen LogP contribution in [0.25, 0.3) is 16.7 Å². The lowest BCUT2D eigenvalue weighted by molar-refractivity contribution is 0.133. The molecule has 30 heavy (non-hydrogen) atoms. The normalized spacial score (nSPS) is 13.4. The average Bonchev–Trinajstić information content (AvgIpc) is 3.05. The van der Waals surface area contributed by atoms with E-state index in [1.54, 1.807) is 28.9 Å². The topological polar surface area (TPSA) is 60.2 Å². The number of hydrogen-bond donors (Lipinski definition) is 0. The van der Waals surface area contributed by atoms with Gasteiger partial charge in [0.1, 0.15) is 11.6 Å². The number of carbonyl (C=O) groups is 1. The van der Waals surface area contributed by atoms with Crippen molar-refractivity contribution in [2.45, 2.75) is 20.0 Å². The first-order valence-electron chi connectivity index (χ1n) is 9.34. The van der Waals surface area contributed by atoms with Crippen LogP contribution in [-0.2, 0) is 13.1 Å². The van der Waals surface area contributed by atoms with Crippen molar-refractivity contribution in [3.8, 4) is 11.6 Å². The maximum Gasteiger partial charge on any atom is 0.417 e. The molecule has 2 aromatic heterocycles. The summed E-state index contributed by atoms with van der Waals surface area (Å²) in [7, 11) is 0. The zero-order chi connectivity index (χ0) is 20.8.